The van der Waals surface area contributed by atoms with Gasteiger partial charge in [0.15, 0.2) is 5.69 Å². The van der Waals surface area contributed by atoms with Gasteiger partial charge < -0.3 is 10.5 Å². The van der Waals surface area contributed by atoms with E-state index in [9.17, 15) is 4.79 Å². The van der Waals surface area contributed by atoms with Crippen molar-refractivity contribution in [3.8, 4) is 0 Å². The van der Waals surface area contributed by atoms with Crippen LogP contribution in [0.3, 0.4) is 0 Å². The van der Waals surface area contributed by atoms with E-state index in [1.165, 1.54) is 11.3 Å². The van der Waals surface area contributed by atoms with Crippen molar-refractivity contribution in [3.05, 3.63) is 16.1 Å². The van der Waals surface area contributed by atoms with Crippen LogP contribution in [0.4, 0.5) is 0 Å². The minimum absolute atomic E-state index is 0.137. The summed E-state index contributed by atoms with van der Waals surface area (Å²) >= 11 is 1.38. The molecule has 0 aromatic carbocycles. The van der Waals surface area contributed by atoms with Crippen LogP contribution in [0.2, 0.25) is 0 Å². The summed E-state index contributed by atoms with van der Waals surface area (Å²) < 4.78 is 5.05. The first-order chi connectivity index (χ1) is 7.00. The van der Waals surface area contributed by atoms with Crippen LogP contribution in [0.5, 0.6) is 0 Å². The normalized spacial score (nSPS) is 12.9. The first-order valence-corrected chi connectivity index (χ1v) is 5.76. The van der Waals surface area contributed by atoms with Crippen molar-refractivity contribution in [1.82, 2.24) is 4.98 Å². The van der Waals surface area contributed by atoms with Gasteiger partial charge in [0.05, 0.1) is 12.6 Å². The number of hydrogen-bond donors (Lipinski definition) is 1. The lowest BCUT2D eigenvalue weighted by molar-refractivity contribution is 0.0453. The van der Waals surface area contributed by atoms with Crippen molar-refractivity contribution in [2.24, 2.45) is 11.7 Å². The highest BCUT2D eigenvalue weighted by atomic mass is 32.1. The Hall–Kier alpha value is -0.940. The standard InChI is InChI=1S/C10H16N2O2S/c1-6(2)4-14-10(13)8-5-15-9(12-8)7(3)11/h5-7H,4,11H2,1-3H3. The molecule has 0 aliphatic rings. The summed E-state index contributed by atoms with van der Waals surface area (Å²) in [6.45, 7) is 6.23. The van der Waals surface area contributed by atoms with Gasteiger partial charge in [-0.25, -0.2) is 9.78 Å². The van der Waals surface area contributed by atoms with E-state index in [0.717, 1.165) is 5.01 Å². The average molecular weight is 228 g/mol. The highest BCUT2D eigenvalue weighted by molar-refractivity contribution is 7.09. The van der Waals surface area contributed by atoms with Gasteiger partial charge in [0.1, 0.15) is 5.01 Å². The molecular formula is C10H16N2O2S. The lowest BCUT2D eigenvalue weighted by atomic mass is 10.2. The highest BCUT2D eigenvalue weighted by Gasteiger charge is 2.14. The van der Waals surface area contributed by atoms with Gasteiger partial charge in [-0.05, 0) is 12.8 Å². The van der Waals surface area contributed by atoms with Crippen molar-refractivity contribution in [2.45, 2.75) is 26.8 Å². The van der Waals surface area contributed by atoms with Gasteiger partial charge in [0.25, 0.3) is 0 Å². The number of carbonyl (C=O) groups is 1. The Kier molecular flexibility index (Phi) is 4.23. The predicted molar refractivity (Wildman–Crippen MR) is 59.8 cm³/mol. The summed E-state index contributed by atoms with van der Waals surface area (Å²) in [4.78, 5) is 15.6. The molecule has 84 valence electrons. The molecule has 1 heterocycles. The molecule has 0 radical (unpaired) electrons. The largest absolute Gasteiger partial charge is 0.461 e. The van der Waals surface area contributed by atoms with Gasteiger partial charge in [0, 0.05) is 5.38 Å². The Labute approximate surface area is 93.5 Å². The average Bonchev–Trinajstić information content (AvgIpc) is 2.62. The number of rotatable bonds is 4. The minimum atomic E-state index is -0.369. The lowest BCUT2D eigenvalue weighted by Crippen LogP contribution is -2.11. The number of nitrogens with zero attached hydrogens (tertiary/aromatic N) is 1. The molecule has 1 atom stereocenters. The van der Waals surface area contributed by atoms with Crippen LogP contribution in [0.15, 0.2) is 5.38 Å². The van der Waals surface area contributed by atoms with Crippen molar-refractivity contribution >= 4 is 17.3 Å². The number of thiazole rings is 1. The molecule has 0 saturated heterocycles. The minimum Gasteiger partial charge on any atom is -0.461 e. The molecule has 0 saturated carbocycles. The summed E-state index contributed by atoms with van der Waals surface area (Å²) in [7, 11) is 0. The Morgan fingerprint density at radius 2 is 2.27 bits per heavy atom. The summed E-state index contributed by atoms with van der Waals surface area (Å²) in [6.07, 6.45) is 0. The van der Waals surface area contributed by atoms with Crippen molar-refractivity contribution < 1.29 is 9.53 Å². The zero-order chi connectivity index (χ0) is 11.4. The van der Waals surface area contributed by atoms with E-state index in [2.05, 4.69) is 4.98 Å². The molecule has 0 aliphatic heterocycles. The predicted octanol–water partition coefficient (Wildman–Crippen LogP) is 1.98. The second-order valence-electron chi connectivity index (χ2n) is 3.85. The molecule has 0 spiro atoms. The van der Waals surface area contributed by atoms with Crippen LogP contribution in [-0.4, -0.2) is 17.6 Å². The van der Waals surface area contributed by atoms with E-state index >= 15 is 0 Å². The zero-order valence-electron chi connectivity index (χ0n) is 9.19. The molecule has 1 unspecified atom stereocenters. The number of hydrogen-bond acceptors (Lipinski definition) is 5. The maximum Gasteiger partial charge on any atom is 0.357 e. The number of aromatic nitrogens is 1. The van der Waals surface area contributed by atoms with Crippen LogP contribution < -0.4 is 5.73 Å². The van der Waals surface area contributed by atoms with Crippen LogP contribution in [-0.2, 0) is 4.74 Å². The first-order valence-electron chi connectivity index (χ1n) is 4.88. The van der Waals surface area contributed by atoms with Gasteiger partial charge in [-0.3, -0.25) is 0 Å². The first kappa shape index (κ1) is 12.1. The molecule has 5 heteroatoms. The Bertz CT molecular complexity index is 334. The number of ether oxygens (including phenoxy) is 1. The monoisotopic (exact) mass is 228 g/mol. The van der Waals surface area contributed by atoms with Gasteiger partial charge in [-0.15, -0.1) is 11.3 Å². The van der Waals surface area contributed by atoms with Crippen LogP contribution in [0.1, 0.15) is 42.3 Å². The summed E-state index contributed by atoms with van der Waals surface area (Å²) in [6, 6.07) is -0.137. The topological polar surface area (TPSA) is 65.2 Å². The number of carbonyl (C=O) groups excluding carboxylic acids is 1. The summed E-state index contributed by atoms with van der Waals surface area (Å²) in [5.74, 6) is -0.0349. The van der Waals surface area contributed by atoms with E-state index < -0.39 is 0 Å². The molecule has 4 nitrogen and oxygen atoms in total. The van der Waals surface area contributed by atoms with Crippen LogP contribution >= 0.6 is 11.3 Å². The molecule has 1 aromatic heterocycles. The van der Waals surface area contributed by atoms with Gasteiger partial charge in [0.2, 0.25) is 0 Å². The Balaban J connectivity index is 2.58. The van der Waals surface area contributed by atoms with Gasteiger partial charge >= 0.3 is 5.97 Å². The van der Waals surface area contributed by atoms with Crippen LogP contribution in [0, 0.1) is 5.92 Å². The smallest absolute Gasteiger partial charge is 0.357 e. The highest BCUT2D eigenvalue weighted by Crippen LogP contribution is 2.16. The summed E-state index contributed by atoms with van der Waals surface area (Å²) in [5, 5.41) is 2.44. The van der Waals surface area contributed by atoms with Gasteiger partial charge in [-0.2, -0.15) is 0 Å². The third kappa shape index (κ3) is 3.60. The molecule has 15 heavy (non-hydrogen) atoms. The van der Waals surface area contributed by atoms with E-state index in [-0.39, 0.29) is 12.0 Å². The van der Waals surface area contributed by atoms with Crippen molar-refractivity contribution in [3.63, 3.8) is 0 Å². The Morgan fingerprint density at radius 1 is 1.60 bits per heavy atom. The van der Waals surface area contributed by atoms with Gasteiger partial charge in [-0.1, -0.05) is 13.8 Å². The maximum atomic E-state index is 11.5. The molecule has 1 rings (SSSR count). The molecule has 1 aromatic rings. The Morgan fingerprint density at radius 3 is 2.73 bits per heavy atom. The quantitative estimate of drug-likeness (QED) is 0.800. The fourth-order valence-electron chi connectivity index (χ4n) is 0.907. The van der Waals surface area contributed by atoms with Crippen molar-refractivity contribution in [1.29, 1.82) is 0 Å². The fourth-order valence-corrected chi connectivity index (χ4v) is 1.65. The third-order valence-corrected chi connectivity index (χ3v) is 2.71. The lowest BCUT2D eigenvalue weighted by Gasteiger charge is -2.04. The van der Waals surface area contributed by atoms with E-state index in [4.69, 9.17) is 10.5 Å². The zero-order valence-corrected chi connectivity index (χ0v) is 10.0. The third-order valence-electron chi connectivity index (χ3n) is 1.67. The molecule has 0 fully saturated rings. The molecule has 0 aliphatic carbocycles. The fraction of sp³-hybridized carbons (Fsp3) is 0.600. The molecule has 0 amide bonds. The number of nitrogens with two attached hydrogens (primary N) is 1. The van der Waals surface area contributed by atoms with E-state index in [0.29, 0.717) is 18.2 Å². The van der Waals surface area contributed by atoms with Crippen molar-refractivity contribution in [2.75, 3.05) is 6.61 Å². The molecule has 2 N–H and O–H groups in total. The maximum absolute atomic E-state index is 11.5. The second kappa shape index (κ2) is 5.23. The van der Waals surface area contributed by atoms with Crippen LogP contribution in [0.25, 0.3) is 0 Å². The van der Waals surface area contributed by atoms with E-state index in [1.807, 2.05) is 20.8 Å². The second-order valence-corrected chi connectivity index (χ2v) is 4.74. The number of esters is 1. The van der Waals surface area contributed by atoms with E-state index in [1.54, 1.807) is 5.38 Å². The molecular weight excluding hydrogens is 212 g/mol. The summed E-state index contributed by atoms with van der Waals surface area (Å²) in [5.41, 5.74) is 6.00. The SMILES string of the molecule is CC(C)COC(=O)c1csc(C(C)N)n1. The molecule has 0 bridgehead atoms.